The predicted molar refractivity (Wildman–Crippen MR) is 68.6 cm³/mol. The molecule has 1 unspecified atom stereocenters. The molecule has 2 N–H and O–H groups in total. The monoisotopic (exact) mass is 228 g/mol. The van der Waals surface area contributed by atoms with Crippen molar-refractivity contribution in [2.75, 3.05) is 20.1 Å². The van der Waals surface area contributed by atoms with E-state index in [1.165, 1.54) is 25.7 Å². The van der Waals surface area contributed by atoms with Gasteiger partial charge in [0.05, 0.1) is 6.10 Å². The van der Waals surface area contributed by atoms with Gasteiger partial charge in [0, 0.05) is 24.7 Å². The van der Waals surface area contributed by atoms with E-state index in [9.17, 15) is 5.11 Å². The van der Waals surface area contributed by atoms with Gasteiger partial charge in [-0.05, 0) is 40.7 Å². The highest BCUT2D eigenvalue weighted by molar-refractivity contribution is 4.79. The van der Waals surface area contributed by atoms with Crippen molar-refractivity contribution in [3.63, 3.8) is 0 Å². The number of hydrogen-bond acceptors (Lipinski definition) is 3. The lowest BCUT2D eigenvalue weighted by Crippen LogP contribution is -2.45. The van der Waals surface area contributed by atoms with Crippen molar-refractivity contribution < 1.29 is 5.11 Å². The quantitative estimate of drug-likeness (QED) is 0.750. The molecule has 1 fully saturated rings. The molecule has 0 bridgehead atoms. The Hall–Kier alpha value is -0.120. The summed E-state index contributed by atoms with van der Waals surface area (Å²) >= 11 is 0. The Kier molecular flexibility index (Phi) is 5.22. The minimum Gasteiger partial charge on any atom is -0.390 e. The molecule has 0 saturated heterocycles. The van der Waals surface area contributed by atoms with E-state index in [0.29, 0.717) is 12.6 Å². The van der Waals surface area contributed by atoms with E-state index in [2.05, 4.69) is 38.0 Å². The number of nitrogens with one attached hydrogen (secondary N) is 1. The van der Waals surface area contributed by atoms with Crippen molar-refractivity contribution in [1.82, 2.24) is 10.2 Å². The van der Waals surface area contributed by atoms with Crippen molar-refractivity contribution >= 4 is 0 Å². The van der Waals surface area contributed by atoms with Crippen molar-refractivity contribution in [3.05, 3.63) is 0 Å². The molecule has 1 aliphatic carbocycles. The smallest absolute Gasteiger partial charge is 0.0791 e. The van der Waals surface area contributed by atoms with Crippen LogP contribution in [0.5, 0.6) is 0 Å². The van der Waals surface area contributed by atoms with E-state index in [0.717, 1.165) is 6.54 Å². The first-order valence-electron chi connectivity index (χ1n) is 6.52. The maximum atomic E-state index is 9.94. The molecule has 16 heavy (non-hydrogen) atoms. The van der Waals surface area contributed by atoms with E-state index in [4.69, 9.17) is 0 Å². The summed E-state index contributed by atoms with van der Waals surface area (Å²) in [7, 11) is 2.14. The lowest BCUT2D eigenvalue weighted by atomic mass is 10.1. The highest BCUT2D eigenvalue weighted by Crippen LogP contribution is 2.22. The molecule has 1 rings (SSSR count). The van der Waals surface area contributed by atoms with Crippen LogP contribution in [0.2, 0.25) is 0 Å². The van der Waals surface area contributed by atoms with Crippen LogP contribution in [0.25, 0.3) is 0 Å². The number of nitrogens with zero attached hydrogens (tertiary/aromatic N) is 1. The van der Waals surface area contributed by atoms with Crippen molar-refractivity contribution in [1.29, 1.82) is 0 Å². The van der Waals surface area contributed by atoms with E-state index in [-0.39, 0.29) is 11.6 Å². The molecule has 0 radical (unpaired) electrons. The van der Waals surface area contributed by atoms with Crippen molar-refractivity contribution in [2.24, 2.45) is 0 Å². The maximum absolute atomic E-state index is 9.94. The van der Waals surface area contributed by atoms with Gasteiger partial charge in [0.2, 0.25) is 0 Å². The van der Waals surface area contributed by atoms with E-state index in [1.54, 1.807) is 0 Å². The highest BCUT2D eigenvalue weighted by Gasteiger charge is 2.21. The third-order valence-corrected chi connectivity index (χ3v) is 3.31. The van der Waals surface area contributed by atoms with Gasteiger partial charge < -0.3 is 15.3 Å². The molecule has 0 aromatic carbocycles. The minimum absolute atomic E-state index is 0.0902. The molecular weight excluding hydrogens is 200 g/mol. The summed E-state index contributed by atoms with van der Waals surface area (Å²) in [6.07, 6.45) is 5.05. The zero-order valence-electron chi connectivity index (χ0n) is 11.3. The van der Waals surface area contributed by atoms with Crippen LogP contribution < -0.4 is 5.32 Å². The van der Waals surface area contributed by atoms with Gasteiger partial charge in [-0.25, -0.2) is 0 Å². The molecule has 0 aliphatic heterocycles. The Bertz CT molecular complexity index is 195. The molecular formula is C13H28N2O. The van der Waals surface area contributed by atoms with Crippen LogP contribution in [0.4, 0.5) is 0 Å². The molecule has 96 valence electrons. The molecule has 0 spiro atoms. The Morgan fingerprint density at radius 1 is 1.31 bits per heavy atom. The molecule has 3 nitrogen and oxygen atoms in total. The van der Waals surface area contributed by atoms with Gasteiger partial charge in [0.1, 0.15) is 0 Å². The average Bonchev–Trinajstić information content (AvgIpc) is 2.66. The summed E-state index contributed by atoms with van der Waals surface area (Å²) in [6, 6.07) is 0.698. The highest BCUT2D eigenvalue weighted by atomic mass is 16.3. The molecule has 3 heteroatoms. The van der Waals surface area contributed by atoms with Crippen LogP contribution in [-0.4, -0.2) is 47.8 Å². The third-order valence-electron chi connectivity index (χ3n) is 3.31. The second kappa shape index (κ2) is 5.99. The van der Waals surface area contributed by atoms with Gasteiger partial charge in [0.15, 0.2) is 0 Å². The summed E-state index contributed by atoms with van der Waals surface area (Å²) in [6.45, 7) is 7.84. The van der Waals surface area contributed by atoms with Crippen LogP contribution in [-0.2, 0) is 0 Å². The lowest BCUT2D eigenvalue weighted by Gasteiger charge is -2.28. The van der Waals surface area contributed by atoms with Gasteiger partial charge in [-0.3, -0.25) is 0 Å². The largest absolute Gasteiger partial charge is 0.390 e. The normalized spacial score (nSPS) is 20.6. The summed E-state index contributed by atoms with van der Waals surface area (Å²) in [5.74, 6) is 0. The number of rotatable bonds is 5. The fourth-order valence-corrected chi connectivity index (χ4v) is 2.32. The first kappa shape index (κ1) is 13.9. The van der Waals surface area contributed by atoms with Crippen LogP contribution in [0.1, 0.15) is 46.5 Å². The van der Waals surface area contributed by atoms with Crippen LogP contribution in [0.15, 0.2) is 0 Å². The van der Waals surface area contributed by atoms with Gasteiger partial charge >= 0.3 is 0 Å². The number of β-amino-alcohol motifs (C(OH)–C–C–N with tert-alkyl or cyclic N) is 1. The maximum Gasteiger partial charge on any atom is 0.0791 e. The molecule has 1 saturated carbocycles. The van der Waals surface area contributed by atoms with Gasteiger partial charge in [0.25, 0.3) is 0 Å². The summed E-state index contributed by atoms with van der Waals surface area (Å²) in [5, 5.41) is 13.3. The third kappa shape index (κ3) is 5.28. The number of hydrogen-bond donors (Lipinski definition) is 2. The van der Waals surface area contributed by atoms with Gasteiger partial charge in [-0.2, -0.15) is 0 Å². The fourth-order valence-electron chi connectivity index (χ4n) is 2.32. The van der Waals surface area contributed by atoms with E-state index >= 15 is 0 Å². The molecule has 0 aromatic heterocycles. The van der Waals surface area contributed by atoms with E-state index in [1.807, 2.05) is 0 Å². The SMILES string of the molecule is CN(CC(O)CNC(C)(C)C)C1CCCC1. The standard InChI is InChI=1S/C13H28N2O/c1-13(2,3)14-9-12(16)10-15(4)11-7-5-6-8-11/h11-12,14,16H,5-10H2,1-4H3. The van der Waals surface area contributed by atoms with Crippen LogP contribution >= 0.6 is 0 Å². The summed E-state index contributed by atoms with van der Waals surface area (Å²) in [5.41, 5.74) is 0.0902. The fraction of sp³-hybridized carbons (Fsp3) is 1.00. The number of likely N-dealkylation sites (N-methyl/N-ethyl adjacent to an activating group) is 1. The van der Waals surface area contributed by atoms with Crippen LogP contribution in [0, 0.1) is 0 Å². The van der Waals surface area contributed by atoms with Gasteiger partial charge in [-0.15, -0.1) is 0 Å². The Morgan fingerprint density at radius 3 is 2.38 bits per heavy atom. The molecule has 1 atom stereocenters. The topological polar surface area (TPSA) is 35.5 Å². The summed E-state index contributed by atoms with van der Waals surface area (Å²) in [4.78, 5) is 2.32. The lowest BCUT2D eigenvalue weighted by molar-refractivity contribution is 0.0984. The zero-order chi connectivity index (χ0) is 12.2. The minimum atomic E-state index is -0.259. The first-order chi connectivity index (χ1) is 7.38. The Morgan fingerprint density at radius 2 is 1.88 bits per heavy atom. The number of aliphatic hydroxyl groups is 1. The first-order valence-corrected chi connectivity index (χ1v) is 6.52. The Labute approximate surface area is 100 Å². The average molecular weight is 228 g/mol. The second-order valence-electron chi connectivity index (χ2n) is 6.16. The number of aliphatic hydroxyl groups excluding tert-OH is 1. The second-order valence-corrected chi connectivity index (χ2v) is 6.16. The molecule has 0 heterocycles. The molecule has 0 aromatic rings. The zero-order valence-corrected chi connectivity index (χ0v) is 11.3. The molecule has 1 aliphatic rings. The summed E-state index contributed by atoms with van der Waals surface area (Å²) < 4.78 is 0. The van der Waals surface area contributed by atoms with E-state index < -0.39 is 0 Å². The van der Waals surface area contributed by atoms with Crippen LogP contribution in [0.3, 0.4) is 0 Å². The predicted octanol–water partition coefficient (Wildman–Crippen LogP) is 1.61. The van der Waals surface area contributed by atoms with Crippen molar-refractivity contribution in [3.8, 4) is 0 Å². The van der Waals surface area contributed by atoms with Gasteiger partial charge in [-0.1, -0.05) is 12.8 Å². The Balaban J connectivity index is 2.19. The molecule has 0 amide bonds. The van der Waals surface area contributed by atoms with Crippen molar-refractivity contribution in [2.45, 2.75) is 64.1 Å².